The van der Waals surface area contributed by atoms with Gasteiger partial charge in [-0.15, -0.1) is 0 Å². The minimum Gasteiger partial charge on any atom is -0.392 e. The van der Waals surface area contributed by atoms with Gasteiger partial charge in [0, 0.05) is 12.6 Å². The predicted octanol–water partition coefficient (Wildman–Crippen LogP) is 2.60. The fraction of sp³-hybridized carbons (Fsp3) is 0.600. The summed E-state index contributed by atoms with van der Waals surface area (Å²) in [6.07, 6.45) is 0.773. The number of rotatable bonds is 6. The topological polar surface area (TPSA) is 57.6 Å². The molecule has 1 N–H and O–H groups in total. The zero-order valence-corrected chi connectivity index (χ0v) is 13.8. The van der Waals surface area contributed by atoms with Crippen LogP contribution in [0.25, 0.3) is 0 Å². The van der Waals surface area contributed by atoms with Gasteiger partial charge in [0.15, 0.2) is 0 Å². The minimum atomic E-state index is -3.53. The molecule has 0 fully saturated rings. The molecule has 5 heteroatoms. The minimum absolute atomic E-state index is 0.0857. The van der Waals surface area contributed by atoms with Crippen molar-refractivity contribution in [1.82, 2.24) is 4.31 Å². The highest BCUT2D eigenvalue weighted by atomic mass is 32.2. The van der Waals surface area contributed by atoms with Crippen LogP contribution < -0.4 is 0 Å². The number of aliphatic hydroxyl groups is 1. The van der Waals surface area contributed by atoms with Crippen LogP contribution in [0.5, 0.6) is 0 Å². The van der Waals surface area contributed by atoms with Crippen LogP contribution in [-0.4, -0.2) is 30.4 Å². The Labute approximate surface area is 122 Å². The van der Waals surface area contributed by atoms with E-state index in [4.69, 9.17) is 0 Å². The molecule has 0 saturated heterocycles. The molecule has 0 atom stereocenters. The molecule has 0 heterocycles. The largest absolute Gasteiger partial charge is 0.392 e. The van der Waals surface area contributed by atoms with Gasteiger partial charge in [-0.25, -0.2) is 8.42 Å². The Morgan fingerprint density at radius 1 is 1.25 bits per heavy atom. The van der Waals surface area contributed by atoms with E-state index in [2.05, 4.69) is 0 Å². The van der Waals surface area contributed by atoms with Crippen molar-refractivity contribution >= 4 is 10.0 Å². The molecule has 0 unspecified atom stereocenters. The quantitative estimate of drug-likeness (QED) is 0.878. The van der Waals surface area contributed by atoms with E-state index >= 15 is 0 Å². The highest BCUT2D eigenvalue weighted by molar-refractivity contribution is 7.89. The summed E-state index contributed by atoms with van der Waals surface area (Å²) in [5.41, 5.74) is 2.27. The van der Waals surface area contributed by atoms with Gasteiger partial charge in [-0.05, 0) is 56.9 Å². The van der Waals surface area contributed by atoms with Crippen LogP contribution in [0.4, 0.5) is 0 Å². The smallest absolute Gasteiger partial charge is 0.243 e. The van der Waals surface area contributed by atoms with Crippen LogP contribution in [0.1, 0.15) is 43.9 Å². The average Bonchev–Trinajstić information content (AvgIpc) is 2.37. The Hall–Kier alpha value is -0.910. The Bertz CT molecular complexity index is 565. The summed E-state index contributed by atoms with van der Waals surface area (Å²) in [5, 5.41) is 9.29. The molecule has 20 heavy (non-hydrogen) atoms. The van der Waals surface area contributed by atoms with E-state index in [0.29, 0.717) is 17.0 Å². The Kier molecular flexibility index (Phi) is 5.74. The molecule has 1 aromatic carbocycles. The summed E-state index contributed by atoms with van der Waals surface area (Å²) in [4.78, 5) is 0.309. The van der Waals surface area contributed by atoms with Gasteiger partial charge in [-0.3, -0.25) is 0 Å². The van der Waals surface area contributed by atoms with Crippen molar-refractivity contribution in [1.29, 1.82) is 0 Å². The maximum atomic E-state index is 12.8. The van der Waals surface area contributed by atoms with Crippen LogP contribution in [0.2, 0.25) is 0 Å². The van der Waals surface area contributed by atoms with Gasteiger partial charge in [0.1, 0.15) is 0 Å². The highest BCUT2D eigenvalue weighted by Gasteiger charge is 2.28. The standard InChI is InChI=1S/C15H25NO3S/c1-6-7-16(11(2)3)20(18,19)15-9-14(10-17)8-12(4)13(15)5/h8-9,11,17H,6-7,10H2,1-5H3. The van der Waals surface area contributed by atoms with E-state index in [-0.39, 0.29) is 12.6 Å². The molecular weight excluding hydrogens is 274 g/mol. The Balaban J connectivity index is 3.44. The fourth-order valence-electron chi connectivity index (χ4n) is 2.26. The third kappa shape index (κ3) is 3.40. The lowest BCUT2D eigenvalue weighted by molar-refractivity contribution is 0.281. The van der Waals surface area contributed by atoms with Crippen LogP contribution in [0, 0.1) is 13.8 Å². The van der Waals surface area contributed by atoms with Gasteiger partial charge in [-0.2, -0.15) is 4.31 Å². The summed E-state index contributed by atoms with van der Waals surface area (Å²) in [5.74, 6) is 0. The lowest BCUT2D eigenvalue weighted by Gasteiger charge is -2.26. The normalized spacial score (nSPS) is 12.4. The van der Waals surface area contributed by atoms with Gasteiger partial charge in [0.2, 0.25) is 10.0 Å². The second kappa shape index (κ2) is 6.70. The number of benzene rings is 1. The third-order valence-electron chi connectivity index (χ3n) is 3.47. The van der Waals surface area contributed by atoms with Gasteiger partial charge in [0.25, 0.3) is 0 Å². The number of aliphatic hydroxyl groups excluding tert-OH is 1. The lowest BCUT2D eigenvalue weighted by atomic mass is 10.1. The van der Waals surface area contributed by atoms with E-state index in [1.54, 1.807) is 6.07 Å². The van der Waals surface area contributed by atoms with Crippen molar-refractivity contribution in [3.05, 3.63) is 28.8 Å². The molecule has 0 bridgehead atoms. The van der Waals surface area contributed by atoms with Gasteiger partial charge in [0.05, 0.1) is 11.5 Å². The molecule has 1 aromatic rings. The van der Waals surface area contributed by atoms with Crippen LogP contribution in [0.15, 0.2) is 17.0 Å². The highest BCUT2D eigenvalue weighted by Crippen LogP contribution is 2.26. The number of hydrogen-bond acceptors (Lipinski definition) is 3. The molecule has 0 saturated carbocycles. The van der Waals surface area contributed by atoms with Crippen LogP contribution in [-0.2, 0) is 16.6 Å². The van der Waals surface area contributed by atoms with Gasteiger partial charge >= 0.3 is 0 Å². The molecule has 1 rings (SSSR count). The van der Waals surface area contributed by atoms with E-state index in [9.17, 15) is 13.5 Å². The van der Waals surface area contributed by atoms with Crippen LogP contribution >= 0.6 is 0 Å². The van der Waals surface area contributed by atoms with Crippen molar-refractivity contribution in [2.75, 3.05) is 6.54 Å². The van der Waals surface area contributed by atoms with Gasteiger partial charge in [-0.1, -0.05) is 13.0 Å². The molecule has 114 valence electrons. The molecular formula is C15H25NO3S. The molecule has 0 spiro atoms. The van der Waals surface area contributed by atoms with Gasteiger partial charge < -0.3 is 5.11 Å². The molecule has 0 aliphatic carbocycles. The molecule has 0 aromatic heterocycles. The van der Waals surface area contributed by atoms with Crippen molar-refractivity contribution in [3.63, 3.8) is 0 Å². The average molecular weight is 299 g/mol. The molecule has 0 amide bonds. The summed E-state index contributed by atoms with van der Waals surface area (Å²) < 4.78 is 27.2. The summed E-state index contributed by atoms with van der Waals surface area (Å²) in [6, 6.07) is 3.33. The third-order valence-corrected chi connectivity index (χ3v) is 5.67. The predicted molar refractivity (Wildman–Crippen MR) is 81.2 cm³/mol. The lowest BCUT2D eigenvalue weighted by Crippen LogP contribution is -2.38. The first-order chi connectivity index (χ1) is 9.25. The zero-order valence-electron chi connectivity index (χ0n) is 13.0. The molecule has 0 aliphatic heterocycles. The maximum Gasteiger partial charge on any atom is 0.243 e. The summed E-state index contributed by atoms with van der Waals surface area (Å²) in [7, 11) is -3.53. The molecule has 0 radical (unpaired) electrons. The first kappa shape index (κ1) is 17.1. The summed E-state index contributed by atoms with van der Waals surface area (Å²) in [6.45, 7) is 9.76. The zero-order chi connectivity index (χ0) is 15.5. The van der Waals surface area contributed by atoms with Crippen LogP contribution in [0.3, 0.4) is 0 Å². The van der Waals surface area contributed by atoms with Crippen molar-refractivity contribution in [3.8, 4) is 0 Å². The number of aryl methyl sites for hydroxylation is 1. The Morgan fingerprint density at radius 3 is 2.30 bits per heavy atom. The van der Waals surface area contributed by atoms with E-state index in [0.717, 1.165) is 17.5 Å². The van der Waals surface area contributed by atoms with Crippen molar-refractivity contribution < 1.29 is 13.5 Å². The van der Waals surface area contributed by atoms with Crippen molar-refractivity contribution in [2.24, 2.45) is 0 Å². The second-order valence-electron chi connectivity index (χ2n) is 5.40. The number of hydrogen-bond donors (Lipinski definition) is 1. The molecule has 0 aliphatic rings. The Morgan fingerprint density at radius 2 is 1.85 bits per heavy atom. The monoisotopic (exact) mass is 299 g/mol. The molecule has 4 nitrogen and oxygen atoms in total. The number of sulfonamides is 1. The first-order valence-electron chi connectivity index (χ1n) is 6.98. The SMILES string of the molecule is CCCN(C(C)C)S(=O)(=O)c1cc(CO)cc(C)c1C. The fourth-order valence-corrected chi connectivity index (χ4v) is 4.34. The first-order valence-corrected chi connectivity index (χ1v) is 8.42. The van der Waals surface area contributed by atoms with Crippen molar-refractivity contribution in [2.45, 2.75) is 58.6 Å². The van der Waals surface area contributed by atoms with E-state index in [1.165, 1.54) is 4.31 Å². The van der Waals surface area contributed by atoms with E-state index in [1.807, 2.05) is 40.7 Å². The van der Waals surface area contributed by atoms with E-state index < -0.39 is 10.0 Å². The maximum absolute atomic E-state index is 12.8. The summed E-state index contributed by atoms with van der Waals surface area (Å²) >= 11 is 0. The second-order valence-corrected chi connectivity index (χ2v) is 7.26. The number of nitrogens with zero attached hydrogens (tertiary/aromatic N) is 1.